The highest BCUT2D eigenvalue weighted by molar-refractivity contribution is 5.89. The molecule has 0 bridgehead atoms. The van der Waals surface area contributed by atoms with E-state index in [0.717, 1.165) is 25.0 Å². The Kier molecular flexibility index (Phi) is 5.79. The highest BCUT2D eigenvalue weighted by Crippen LogP contribution is 2.38. The zero-order chi connectivity index (χ0) is 21.8. The quantitative estimate of drug-likeness (QED) is 0.556. The first-order valence-corrected chi connectivity index (χ1v) is 9.63. The lowest BCUT2D eigenvalue weighted by Gasteiger charge is -2.11. The summed E-state index contributed by atoms with van der Waals surface area (Å²) in [6.45, 7) is 0.130. The van der Waals surface area contributed by atoms with Crippen LogP contribution in [0.1, 0.15) is 41.6 Å². The van der Waals surface area contributed by atoms with Crippen molar-refractivity contribution in [1.82, 2.24) is 15.5 Å². The molecule has 2 N–H and O–H groups in total. The predicted octanol–water partition coefficient (Wildman–Crippen LogP) is 4.87. The number of nitrogens with one attached hydrogen (secondary N) is 2. The molecule has 0 aliphatic heterocycles. The summed E-state index contributed by atoms with van der Waals surface area (Å²) in [5.41, 5.74) is 0.0943. The van der Waals surface area contributed by atoms with Gasteiger partial charge in [-0.2, -0.15) is 18.2 Å². The summed E-state index contributed by atoms with van der Waals surface area (Å²) in [5, 5.41) is 9.02. The first kappa shape index (κ1) is 20.7. The number of hydrogen-bond acceptors (Lipinski definition) is 5. The minimum atomic E-state index is -4.43. The van der Waals surface area contributed by atoms with Gasteiger partial charge in [-0.05, 0) is 54.8 Å². The van der Waals surface area contributed by atoms with E-state index >= 15 is 0 Å². The highest BCUT2D eigenvalue weighted by atomic mass is 19.4. The fourth-order valence-electron chi connectivity index (χ4n) is 2.82. The number of anilines is 1. The van der Waals surface area contributed by atoms with Crippen LogP contribution in [0, 0.1) is 0 Å². The molecule has 2 amide bonds. The van der Waals surface area contributed by atoms with Crippen LogP contribution in [0.2, 0.25) is 0 Å². The molecule has 1 heterocycles. The number of carbonyl (C=O) groups excluding carboxylic acids is 1. The molecule has 1 aliphatic carbocycles. The molecule has 0 radical (unpaired) electrons. The van der Waals surface area contributed by atoms with Crippen molar-refractivity contribution in [2.75, 3.05) is 5.32 Å². The molecule has 10 heteroatoms. The number of amides is 2. The molecule has 162 valence electrons. The van der Waals surface area contributed by atoms with E-state index in [1.54, 1.807) is 24.3 Å². The number of carbonyl (C=O) groups is 1. The smallest absolute Gasteiger partial charge is 0.416 e. The van der Waals surface area contributed by atoms with E-state index < -0.39 is 17.8 Å². The van der Waals surface area contributed by atoms with E-state index in [-0.39, 0.29) is 13.2 Å². The molecule has 1 saturated carbocycles. The molecular formula is C21H19F3N4O3. The Balaban J connectivity index is 1.24. The maximum atomic E-state index is 12.8. The van der Waals surface area contributed by atoms with Crippen LogP contribution in [-0.4, -0.2) is 16.2 Å². The lowest BCUT2D eigenvalue weighted by atomic mass is 10.1. The molecule has 1 aromatic heterocycles. The first-order valence-electron chi connectivity index (χ1n) is 9.63. The molecule has 0 unspecified atom stereocenters. The van der Waals surface area contributed by atoms with Gasteiger partial charge in [0, 0.05) is 18.2 Å². The van der Waals surface area contributed by atoms with Crippen molar-refractivity contribution in [1.29, 1.82) is 0 Å². The van der Waals surface area contributed by atoms with Crippen LogP contribution >= 0.6 is 0 Å². The van der Waals surface area contributed by atoms with Gasteiger partial charge in [0.25, 0.3) is 0 Å². The minimum Gasteiger partial charge on any atom is -0.485 e. The maximum absolute atomic E-state index is 12.8. The van der Waals surface area contributed by atoms with Crippen molar-refractivity contribution in [3.63, 3.8) is 0 Å². The Hall–Kier alpha value is -3.56. The molecule has 2 aromatic carbocycles. The van der Waals surface area contributed by atoms with E-state index in [4.69, 9.17) is 9.26 Å². The van der Waals surface area contributed by atoms with Crippen molar-refractivity contribution < 1.29 is 27.2 Å². The number of rotatable bonds is 7. The summed E-state index contributed by atoms with van der Waals surface area (Å²) in [7, 11) is 0. The van der Waals surface area contributed by atoms with Crippen LogP contribution < -0.4 is 15.4 Å². The number of alkyl halides is 3. The van der Waals surface area contributed by atoms with Gasteiger partial charge in [-0.3, -0.25) is 0 Å². The van der Waals surface area contributed by atoms with Gasteiger partial charge in [0.15, 0.2) is 6.61 Å². The summed E-state index contributed by atoms with van der Waals surface area (Å²) >= 11 is 0. The molecule has 31 heavy (non-hydrogen) atoms. The average molecular weight is 432 g/mol. The Morgan fingerprint density at radius 1 is 1.16 bits per heavy atom. The Morgan fingerprint density at radius 3 is 2.65 bits per heavy atom. The second-order valence-electron chi connectivity index (χ2n) is 7.14. The van der Waals surface area contributed by atoms with Gasteiger partial charge in [0.1, 0.15) is 5.75 Å². The third-order valence-corrected chi connectivity index (χ3v) is 4.60. The summed E-state index contributed by atoms with van der Waals surface area (Å²) in [6, 6.07) is 10.9. The van der Waals surface area contributed by atoms with Crippen LogP contribution in [0.15, 0.2) is 53.1 Å². The SMILES string of the molecule is O=C(NCc1cccc(C(F)(F)F)c1)Nc1ccc(OCc2noc(C3CC3)n2)cc1. The van der Waals surface area contributed by atoms with Gasteiger partial charge < -0.3 is 19.9 Å². The Labute approximate surface area is 175 Å². The van der Waals surface area contributed by atoms with E-state index in [1.165, 1.54) is 12.1 Å². The van der Waals surface area contributed by atoms with Gasteiger partial charge in [-0.25, -0.2) is 4.79 Å². The molecule has 1 fully saturated rings. The van der Waals surface area contributed by atoms with Crippen LogP contribution in [-0.2, 0) is 19.3 Å². The number of ether oxygens (including phenoxy) is 1. The largest absolute Gasteiger partial charge is 0.485 e. The van der Waals surface area contributed by atoms with Crippen molar-refractivity contribution >= 4 is 11.7 Å². The van der Waals surface area contributed by atoms with E-state index in [2.05, 4.69) is 20.8 Å². The molecule has 0 atom stereocenters. The third kappa shape index (κ3) is 5.74. The second kappa shape index (κ2) is 8.66. The van der Waals surface area contributed by atoms with E-state index in [9.17, 15) is 18.0 Å². The predicted molar refractivity (Wildman–Crippen MR) is 104 cm³/mol. The number of urea groups is 1. The average Bonchev–Trinajstić information content (AvgIpc) is 3.49. The molecule has 7 nitrogen and oxygen atoms in total. The van der Waals surface area contributed by atoms with Crippen LogP contribution in [0.4, 0.5) is 23.7 Å². The molecule has 1 aliphatic rings. The zero-order valence-corrected chi connectivity index (χ0v) is 16.3. The number of halogens is 3. The molecular weight excluding hydrogens is 413 g/mol. The number of benzene rings is 2. The topological polar surface area (TPSA) is 89.3 Å². The lowest BCUT2D eigenvalue weighted by Crippen LogP contribution is -2.28. The lowest BCUT2D eigenvalue weighted by molar-refractivity contribution is -0.137. The molecule has 0 spiro atoms. The summed E-state index contributed by atoms with van der Waals surface area (Å²) in [6.07, 6.45) is -2.28. The molecule has 4 rings (SSSR count). The van der Waals surface area contributed by atoms with Crippen molar-refractivity contribution in [2.45, 2.75) is 38.1 Å². The van der Waals surface area contributed by atoms with Gasteiger partial charge in [0.2, 0.25) is 11.7 Å². The Bertz CT molecular complexity index is 1050. The number of aromatic nitrogens is 2. The molecule has 3 aromatic rings. The standard InChI is InChI=1S/C21H19F3N4O3/c22-21(23,24)15-3-1-2-13(10-15)11-25-20(29)26-16-6-8-17(9-7-16)30-12-18-27-19(31-28-18)14-4-5-14/h1-3,6-10,14H,4-5,11-12H2,(H2,25,26,29). The van der Waals surface area contributed by atoms with Crippen LogP contribution in [0.3, 0.4) is 0 Å². The highest BCUT2D eigenvalue weighted by Gasteiger charge is 2.30. The van der Waals surface area contributed by atoms with Crippen molar-refractivity contribution in [2.24, 2.45) is 0 Å². The van der Waals surface area contributed by atoms with Crippen LogP contribution in [0.5, 0.6) is 5.75 Å². The summed E-state index contributed by atoms with van der Waals surface area (Å²) in [5.74, 6) is 2.06. The Morgan fingerprint density at radius 2 is 1.94 bits per heavy atom. The third-order valence-electron chi connectivity index (χ3n) is 4.60. The fourth-order valence-corrected chi connectivity index (χ4v) is 2.82. The fraction of sp³-hybridized carbons (Fsp3) is 0.286. The van der Waals surface area contributed by atoms with Crippen molar-refractivity contribution in [3.05, 3.63) is 71.4 Å². The first-order chi connectivity index (χ1) is 14.9. The van der Waals surface area contributed by atoms with Crippen molar-refractivity contribution in [3.8, 4) is 5.75 Å². The summed E-state index contributed by atoms with van der Waals surface area (Å²) < 4.78 is 49.0. The number of hydrogen-bond donors (Lipinski definition) is 2. The summed E-state index contributed by atoms with van der Waals surface area (Å²) in [4.78, 5) is 16.3. The van der Waals surface area contributed by atoms with Crippen LogP contribution in [0.25, 0.3) is 0 Å². The maximum Gasteiger partial charge on any atom is 0.416 e. The monoisotopic (exact) mass is 432 g/mol. The van der Waals surface area contributed by atoms with Gasteiger partial charge in [0.05, 0.1) is 5.56 Å². The normalized spacial score (nSPS) is 13.6. The molecule has 0 saturated heterocycles. The van der Waals surface area contributed by atoms with Gasteiger partial charge in [-0.15, -0.1) is 0 Å². The second-order valence-corrected chi connectivity index (χ2v) is 7.14. The van der Waals surface area contributed by atoms with E-state index in [1.807, 2.05) is 0 Å². The zero-order valence-electron chi connectivity index (χ0n) is 16.3. The number of nitrogens with zero attached hydrogens (tertiary/aromatic N) is 2. The minimum absolute atomic E-state index is 0.0372. The van der Waals surface area contributed by atoms with E-state index in [0.29, 0.717) is 34.6 Å². The van der Waals surface area contributed by atoms with Gasteiger partial charge >= 0.3 is 12.2 Å². The van der Waals surface area contributed by atoms with Gasteiger partial charge in [-0.1, -0.05) is 17.3 Å².